The molecule has 2 atom stereocenters. The van der Waals surface area contributed by atoms with E-state index in [0.29, 0.717) is 12.8 Å². The standard InChI is InChI=1S/C38H52N2O8S/c1-5-47-38(44)35(42)36(48-25-13-7-9-14-30-19-18-28(2)29(3)26-30)37(43)40(24-22-34(41)39-49(4,45)46)23-12-6-8-15-31-20-21-32-16-10-11-17-33(32)27-31/h10-11,16-21,26-27,35-36,42H,5-9,12-15,22-25H2,1-4H3,(H,39,41)/t35-,36-/m1/s1. The molecular formula is C38H52N2O8S. The van der Waals surface area contributed by atoms with Gasteiger partial charge in [0.05, 0.1) is 12.9 Å². The van der Waals surface area contributed by atoms with E-state index >= 15 is 0 Å². The Morgan fingerprint density at radius 3 is 2.14 bits per heavy atom. The minimum absolute atomic E-state index is 0.0157. The molecule has 0 fully saturated rings. The fourth-order valence-corrected chi connectivity index (χ4v) is 6.15. The van der Waals surface area contributed by atoms with Crippen LogP contribution < -0.4 is 4.72 Å². The van der Waals surface area contributed by atoms with E-state index < -0.39 is 40.0 Å². The van der Waals surface area contributed by atoms with Gasteiger partial charge in [-0.1, -0.05) is 73.5 Å². The van der Waals surface area contributed by atoms with E-state index in [4.69, 9.17) is 9.47 Å². The van der Waals surface area contributed by atoms with Crippen LogP contribution in [-0.4, -0.2) is 81.0 Å². The van der Waals surface area contributed by atoms with Crippen molar-refractivity contribution >= 4 is 38.6 Å². The Bertz CT molecular complexity index is 1640. The van der Waals surface area contributed by atoms with Gasteiger partial charge in [-0.25, -0.2) is 13.2 Å². The average Bonchev–Trinajstić information content (AvgIpc) is 3.06. The highest BCUT2D eigenvalue weighted by atomic mass is 32.2. The molecule has 2 amide bonds. The molecule has 3 aromatic carbocycles. The van der Waals surface area contributed by atoms with Crippen molar-refractivity contribution in [1.82, 2.24) is 9.62 Å². The van der Waals surface area contributed by atoms with Gasteiger partial charge in [-0.2, -0.15) is 0 Å². The summed E-state index contributed by atoms with van der Waals surface area (Å²) in [5.41, 5.74) is 4.96. The second-order valence-corrected chi connectivity index (χ2v) is 14.3. The topological polar surface area (TPSA) is 139 Å². The first-order chi connectivity index (χ1) is 23.4. The van der Waals surface area contributed by atoms with Gasteiger partial charge in [0, 0.05) is 26.1 Å². The van der Waals surface area contributed by atoms with Gasteiger partial charge in [0.15, 0.2) is 12.2 Å². The number of aliphatic hydroxyl groups is 1. The number of fused-ring (bicyclic) bond motifs is 1. The van der Waals surface area contributed by atoms with Crippen molar-refractivity contribution in [3.05, 3.63) is 82.9 Å². The van der Waals surface area contributed by atoms with Crippen LogP contribution in [0, 0.1) is 13.8 Å². The maximum Gasteiger partial charge on any atom is 0.338 e. The summed E-state index contributed by atoms with van der Waals surface area (Å²) in [6.45, 7) is 6.03. The van der Waals surface area contributed by atoms with Crippen LogP contribution in [0.25, 0.3) is 10.8 Å². The normalized spacial score (nSPS) is 12.8. The van der Waals surface area contributed by atoms with Crippen molar-refractivity contribution in [2.24, 2.45) is 0 Å². The van der Waals surface area contributed by atoms with Crippen LogP contribution in [0.2, 0.25) is 0 Å². The zero-order valence-electron chi connectivity index (χ0n) is 29.3. The largest absolute Gasteiger partial charge is 0.464 e. The molecule has 11 heteroatoms. The number of carbonyl (C=O) groups excluding carboxylic acids is 3. The fourth-order valence-electron chi connectivity index (χ4n) is 5.64. The van der Waals surface area contributed by atoms with Gasteiger partial charge in [0.25, 0.3) is 5.91 Å². The third-order valence-electron chi connectivity index (χ3n) is 8.46. The number of carbonyl (C=O) groups is 3. The minimum Gasteiger partial charge on any atom is -0.464 e. The lowest BCUT2D eigenvalue weighted by Crippen LogP contribution is -2.50. The number of aryl methyl sites for hydroxylation is 4. The molecule has 10 nitrogen and oxygen atoms in total. The predicted octanol–water partition coefficient (Wildman–Crippen LogP) is 5.19. The zero-order chi connectivity index (χ0) is 35.8. The summed E-state index contributed by atoms with van der Waals surface area (Å²) in [5, 5.41) is 13.2. The lowest BCUT2D eigenvalue weighted by Gasteiger charge is -2.29. The van der Waals surface area contributed by atoms with Gasteiger partial charge in [0.2, 0.25) is 15.9 Å². The Balaban J connectivity index is 1.61. The number of hydrogen-bond acceptors (Lipinski definition) is 8. The summed E-state index contributed by atoms with van der Waals surface area (Å²) >= 11 is 0. The molecule has 0 unspecified atom stereocenters. The molecule has 2 N–H and O–H groups in total. The molecule has 0 saturated heterocycles. The second kappa shape index (κ2) is 20.0. The van der Waals surface area contributed by atoms with Gasteiger partial charge in [-0.3, -0.25) is 14.3 Å². The summed E-state index contributed by atoms with van der Waals surface area (Å²) in [4.78, 5) is 40.1. The Kier molecular flexibility index (Phi) is 16.2. The average molecular weight is 697 g/mol. The summed E-state index contributed by atoms with van der Waals surface area (Å²) < 4.78 is 35.9. The highest BCUT2D eigenvalue weighted by Gasteiger charge is 2.37. The number of amides is 2. The van der Waals surface area contributed by atoms with Gasteiger partial charge in [0.1, 0.15) is 0 Å². The van der Waals surface area contributed by atoms with Crippen LogP contribution in [0.15, 0.2) is 60.7 Å². The summed E-state index contributed by atoms with van der Waals surface area (Å²) in [7, 11) is -3.77. The molecule has 49 heavy (non-hydrogen) atoms. The minimum atomic E-state index is -3.77. The molecule has 0 spiro atoms. The van der Waals surface area contributed by atoms with Crippen LogP contribution in [0.3, 0.4) is 0 Å². The van der Waals surface area contributed by atoms with Crippen LogP contribution in [0.1, 0.15) is 74.1 Å². The van der Waals surface area contributed by atoms with Crippen LogP contribution in [0.4, 0.5) is 0 Å². The van der Waals surface area contributed by atoms with E-state index in [1.165, 1.54) is 37.9 Å². The first-order valence-electron chi connectivity index (χ1n) is 17.2. The summed E-state index contributed by atoms with van der Waals surface area (Å²) in [6, 6.07) is 21.0. The van der Waals surface area contributed by atoms with Crippen LogP contribution in [-0.2, 0) is 46.7 Å². The van der Waals surface area contributed by atoms with Gasteiger partial charge in [-0.15, -0.1) is 0 Å². The van der Waals surface area contributed by atoms with E-state index in [9.17, 15) is 27.9 Å². The molecule has 0 aromatic heterocycles. The molecule has 0 saturated carbocycles. The van der Waals surface area contributed by atoms with Crippen molar-refractivity contribution in [2.45, 2.75) is 90.8 Å². The van der Waals surface area contributed by atoms with Gasteiger partial charge in [-0.05, 0) is 92.3 Å². The number of sulfonamides is 1. The maximum absolute atomic E-state index is 13.8. The van der Waals surface area contributed by atoms with E-state index in [2.05, 4.69) is 62.4 Å². The Hall–Kier alpha value is -3.80. The molecule has 3 aromatic rings. The van der Waals surface area contributed by atoms with Crippen molar-refractivity contribution in [3.8, 4) is 0 Å². The number of nitrogens with one attached hydrogen (secondary N) is 1. The SMILES string of the molecule is CCOC(=O)[C@H](O)[C@@H](OCCCCCc1ccc(C)c(C)c1)C(=O)N(CCCCCc1ccc2ccccc2c1)CCC(=O)NS(C)(=O)=O. The highest BCUT2D eigenvalue weighted by Crippen LogP contribution is 2.18. The molecule has 0 heterocycles. The molecule has 0 bridgehead atoms. The summed E-state index contributed by atoms with van der Waals surface area (Å²) in [5.74, 6) is -2.39. The lowest BCUT2D eigenvalue weighted by atomic mass is 10.0. The number of esters is 1. The molecular weight excluding hydrogens is 644 g/mol. The first-order valence-corrected chi connectivity index (χ1v) is 19.1. The molecule has 268 valence electrons. The van der Waals surface area contributed by atoms with E-state index in [0.717, 1.165) is 44.8 Å². The molecule has 3 rings (SSSR count). The smallest absolute Gasteiger partial charge is 0.338 e. The maximum atomic E-state index is 13.8. The number of nitrogens with zero attached hydrogens (tertiary/aromatic N) is 1. The molecule has 0 aliphatic rings. The van der Waals surface area contributed by atoms with Crippen molar-refractivity contribution in [1.29, 1.82) is 0 Å². The summed E-state index contributed by atoms with van der Waals surface area (Å²) in [6.07, 6.45) is 3.52. The third kappa shape index (κ3) is 13.9. The number of rotatable bonds is 21. The fraction of sp³-hybridized carbons (Fsp3) is 0.500. The number of benzene rings is 3. The Morgan fingerprint density at radius 2 is 1.47 bits per heavy atom. The van der Waals surface area contributed by atoms with Crippen molar-refractivity contribution in [2.75, 3.05) is 32.6 Å². The molecule has 0 aliphatic heterocycles. The van der Waals surface area contributed by atoms with Gasteiger partial charge >= 0.3 is 5.97 Å². The Morgan fingerprint density at radius 1 is 0.816 bits per heavy atom. The van der Waals surface area contributed by atoms with E-state index in [1.54, 1.807) is 6.92 Å². The van der Waals surface area contributed by atoms with E-state index in [1.807, 2.05) is 16.9 Å². The number of hydrogen-bond donors (Lipinski definition) is 2. The number of unbranched alkanes of at least 4 members (excludes halogenated alkanes) is 4. The molecule has 0 aliphatic carbocycles. The lowest BCUT2D eigenvalue weighted by molar-refractivity contribution is -0.171. The first kappa shape index (κ1) is 39.6. The predicted molar refractivity (Wildman–Crippen MR) is 192 cm³/mol. The number of aliphatic hydroxyl groups excluding tert-OH is 1. The Labute approximate surface area is 291 Å². The number of ether oxygens (including phenoxy) is 2. The van der Waals surface area contributed by atoms with Crippen molar-refractivity contribution < 1.29 is 37.4 Å². The van der Waals surface area contributed by atoms with E-state index in [-0.39, 0.29) is 32.7 Å². The monoisotopic (exact) mass is 696 g/mol. The van der Waals surface area contributed by atoms with Crippen LogP contribution in [0.5, 0.6) is 0 Å². The molecule has 0 radical (unpaired) electrons. The van der Waals surface area contributed by atoms with Gasteiger partial charge < -0.3 is 19.5 Å². The third-order valence-corrected chi connectivity index (χ3v) is 9.06. The van der Waals surface area contributed by atoms with Crippen molar-refractivity contribution in [3.63, 3.8) is 0 Å². The van der Waals surface area contributed by atoms with Crippen LogP contribution >= 0.6 is 0 Å². The quantitative estimate of drug-likeness (QED) is 0.115. The second-order valence-electron chi connectivity index (χ2n) is 12.6. The zero-order valence-corrected chi connectivity index (χ0v) is 30.1. The highest BCUT2D eigenvalue weighted by molar-refractivity contribution is 7.89.